The van der Waals surface area contributed by atoms with Crippen LogP contribution in [0.1, 0.15) is 44.1 Å². The molecule has 1 saturated carbocycles. The van der Waals surface area contributed by atoms with Crippen LogP contribution in [0, 0.1) is 5.92 Å². The lowest BCUT2D eigenvalue weighted by Crippen LogP contribution is -2.47. The van der Waals surface area contributed by atoms with Crippen LogP contribution in [-0.2, 0) is 0 Å². The average molecular weight is 284 g/mol. The third-order valence-corrected chi connectivity index (χ3v) is 4.49. The van der Waals surface area contributed by atoms with E-state index < -0.39 is 5.60 Å². The molecule has 108 valence electrons. The van der Waals surface area contributed by atoms with Crippen LogP contribution < -0.4 is 5.32 Å². The van der Waals surface area contributed by atoms with Crippen molar-refractivity contribution in [1.82, 2.24) is 5.32 Å². The van der Waals surface area contributed by atoms with E-state index in [4.69, 9.17) is 0 Å². The Morgan fingerprint density at radius 3 is 2.63 bits per heavy atom. The van der Waals surface area contributed by atoms with Crippen LogP contribution in [0.3, 0.4) is 0 Å². The van der Waals surface area contributed by atoms with Crippen molar-refractivity contribution in [2.24, 2.45) is 5.92 Å². The topological polar surface area (TPSA) is 32.3 Å². The molecule has 0 saturated heterocycles. The van der Waals surface area contributed by atoms with E-state index in [1.807, 2.05) is 13.1 Å². The largest absolute Gasteiger partial charge is 0.389 e. The van der Waals surface area contributed by atoms with Gasteiger partial charge in [0.2, 0.25) is 0 Å². The molecule has 1 fully saturated rings. The summed E-state index contributed by atoms with van der Waals surface area (Å²) in [5.74, 6) is 0.573. The minimum atomic E-state index is -0.553. The van der Waals surface area contributed by atoms with E-state index in [1.54, 1.807) is 0 Å². The highest BCUT2D eigenvalue weighted by Gasteiger charge is 2.43. The maximum absolute atomic E-state index is 11.1. The number of rotatable bonds is 4. The SMILES string of the molecule is CNCC(C)C1(O)CCCCC1c1ccccc1.Cl. The van der Waals surface area contributed by atoms with Gasteiger partial charge in [0, 0.05) is 12.5 Å². The van der Waals surface area contributed by atoms with E-state index in [2.05, 4.69) is 36.5 Å². The second kappa shape index (κ2) is 7.28. The number of benzene rings is 1. The summed E-state index contributed by atoms with van der Waals surface area (Å²) in [7, 11) is 1.96. The van der Waals surface area contributed by atoms with Crippen molar-refractivity contribution >= 4 is 12.4 Å². The normalized spacial score (nSPS) is 28.5. The third kappa shape index (κ3) is 3.50. The fourth-order valence-corrected chi connectivity index (χ4v) is 3.39. The van der Waals surface area contributed by atoms with E-state index >= 15 is 0 Å². The molecule has 1 aromatic carbocycles. The van der Waals surface area contributed by atoms with E-state index in [0.717, 1.165) is 25.8 Å². The lowest BCUT2D eigenvalue weighted by Gasteiger charge is -2.44. The molecule has 0 bridgehead atoms. The third-order valence-electron chi connectivity index (χ3n) is 4.49. The molecular formula is C16H26ClNO. The summed E-state index contributed by atoms with van der Waals surface area (Å²) in [5.41, 5.74) is 0.741. The summed E-state index contributed by atoms with van der Waals surface area (Å²) >= 11 is 0. The minimum Gasteiger partial charge on any atom is -0.389 e. The minimum absolute atomic E-state index is 0. The molecule has 0 spiro atoms. The number of nitrogens with one attached hydrogen (secondary N) is 1. The predicted octanol–water partition coefficient (Wildman–Crippen LogP) is 3.35. The number of halogens is 1. The molecule has 2 N–H and O–H groups in total. The summed E-state index contributed by atoms with van der Waals surface area (Å²) in [6.45, 7) is 3.04. The molecule has 1 aliphatic rings. The Labute approximate surface area is 123 Å². The number of aliphatic hydroxyl groups is 1. The molecule has 0 aliphatic heterocycles. The van der Waals surface area contributed by atoms with Gasteiger partial charge in [-0.3, -0.25) is 0 Å². The van der Waals surface area contributed by atoms with Gasteiger partial charge in [0.25, 0.3) is 0 Å². The molecule has 2 rings (SSSR count). The number of hydrogen-bond donors (Lipinski definition) is 2. The second-order valence-electron chi connectivity index (χ2n) is 5.66. The van der Waals surface area contributed by atoms with Crippen LogP contribution in [0.15, 0.2) is 30.3 Å². The smallest absolute Gasteiger partial charge is 0.0753 e. The van der Waals surface area contributed by atoms with Crippen LogP contribution in [0.25, 0.3) is 0 Å². The second-order valence-corrected chi connectivity index (χ2v) is 5.66. The highest BCUT2D eigenvalue weighted by atomic mass is 35.5. The summed E-state index contributed by atoms with van der Waals surface area (Å²) < 4.78 is 0. The molecule has 3 atom stereocenters. The molecule has 19 heavy (non-hydrogen) atoms. The first kappa shape index (κ1) is 16.5. The molecular weight excluding hydrogens is 258 g/mol. The first-order valence-corrected chi connectivity index (χ1v) is 7.10. The molecule has 3 heteroatoms. The van der Waals surface area contributed by atoms with Crippen LogP contribution >= 0.6 is 12.4 Å². The lowest BCUT2D eigenvalue weighted by molar-refractivity contribution is -0.0608. The highest BCUT2D eigenvalue weighted by molar-refractivity contribution is 5.85. The van der Waals surface area contributed by atoms with Crippen molar-refractivity contribution in [2.75, 3.05) is 13.6 Å². The quantitative estimate of drug-likeness (QED) is 0.888. The molecule has 1 aromatic rings. The van der Waals surface area contributed by atoms with Crippen LogP contribution in [0.2, 0.25) is 0 Å². The fourth-order valence-electron chi connectivity index (χ4n) is 3.39. The van der Waals surface area contributed by atoms with Gasteiger partial charge < -0.3 is 10.4 Å². The summed E-state index contributed by atoms with van der Waals surface area (Å²) in [6.07, 6.45) is 4.41. The summed E-state index contributed by atoms with van der Waals surface area (Å²) in [6, 6.07) is 10.5. The van der Waals surface area contributed by atoms with E-state index in [0.29, 0.717) is 0 Å². The maximum Gasteiger partial charge on any atom is 0.0753 e. The molecule has 3 unspecified atom stereocenters. The molecule has 0 aromatic heterocycles. The Morgan fingerprint density at radius 1 is 1.32 bits per heavy atom. The zero-order valence-corrected chi connectivity index (χ0v) is 12.7. The van der Waals surface area contributed by atoms with Gasteiger partial charge in [-0.1, -0.05) is 50.1 Å². The molecule has 2 nitrogen and oxygen atoms in total. The Balaban J connectivity index is 0.00000180. The highest BCUT2D eigenvalue weighted by Crippen LogP contribution is 2.44. The molecule has 0 amide bonds. The van der Waals surface area contributed by atoms with Gasteiger partial charge in [0.05, 0.1) is 5.60 Å². The molecule has 0 heterocycles. The van der Waals surface area contributed by atoms with Crippen LogP contribution in [-0.4, -0.2) is 24.3 Å². The molecule has 1 aliphatic carbocycles. The predicted molar refractivity (Wildman–Crippen MR) is 82.9 cm³/mol. The van der Waals surface area contributed by atoms with Gasteiger partial charge >= 0.3 is 0 Å². The van der Waals surface area contributed by atoms with Crippen molar-refractivity contribution in [2.45, 2.75) is 44.1 Å². The Hall–Kier alpha value is -0.570. The Morgan fingerprint density at radius 2 is 2.00 bits per heavy atom. The van der Waals surface area contributed by atoms with Gasteiger partial charge in [-0.15, -0.1) is 12.4 Å². The van der Waals surface area contributed by atoms with Gasteiger partial charge in [-0.2, -0.15) is 0 Å². The summed E-state index contributed by atoms with van der Waals surface area (Å²) in [4.78, 5) is 0. The van der Waals surface area contributed by atoms with Crippen molar-refractivity contribution in [3.05, 3.63) is 35.9 Å². The first-order chi connectivity index (χ1) is 8.68. The van der Waals surface area contributed by atoms with Crippen molar-refractivity contribution in [3.63, 3.8) is 0 Å². The van der Waals surface area contributed by atoms with E-state index in [-0.39, 0.29) is 24.2 Å². The summed E-state index contributed by atoms with van der Waals surface area (Å²) in [5, 5.41) is 14.3. The van der Waals surface area contributed by atoms with Gasteiger partial charge in [-0.25, -0.2) is 0 Å². The molecule has 0 radical (unpaired) electrons. The standard InChI is InChI=1S/C16H25NO.ClH/c1-13(12-17-2)16(18)11-7-6-10-15(16)14-8-4-3-5-9-14;/h3-5,8-9,13,15,17-18H,6-7,10-12H2,1-2H3;1H. The Kier molecular flexibility index (Phi) is 6.31. The van der Waals surface area contributed by atoms with E-state index in [1.165, 1.54) is 12.0 Å². The van der Waals surface area contributed by atoms with Crippen LogP contribution in [0.4, 0.5) is 0 Å². The van der Waals surface area contributed by atoms with Crippen molar-refractivity contribution < 1.29 is 5.11 Å². The van der Waals surface area contributed by atoms with Gasteiger partial charge in [-0.05, 0) is 31.4 Å². The maximum atomic E-state index is 11.1. The van der Waals surface area contributed by atoms with E-state index in [9.17, 15) is 5.11 Å². The van der Waals surface area contributed by atoms with Gasteiger partial charge in [0.15, 0.2) is 0 Å². The van der Waals surface area contributed by atoms with Crippen molar-refractivity contribution in [1.29, 1.82) is 0 Å². The first-order valence-electron chi connectivity index (χ1n) is 7.10. The van der Waals surface area contributed by atoms with Gasteiger partial charge in [0.1, 0.15) is 0 Å². The average Bonchev–Trinajstić information content (AvgIpc) is 2.40. The fraction of sp³-hybridized carbons (Fsp3) is 0.625. The van der Waals surface area contributed by atoms with Crippen LogP contribution in [0.5, 0.6) is 0 Å². The van der Waals surface area contributed by atoms with Crippen molar-refractivity contribution in [3.8, 4) is 0 Å². The zero-order chi connectivity index (χ0) is 13.0. The lowest BCUT2D eigenvalue weighted by atomic mass is 9.66. The zero-order valence-electron chi connectivity index (χ0n) is 11.9. The Bertz CT molecular complexity index is 370. The monoisotopic (exact) mass is 283 g/mol. The number of hydrogen-bond acceptors (Lipinski definition) is 2.